The van der Waals surface area contributed by atoms with Crippen LogP contribution in [0.4, 0.5) is 0 Å². The Balaban J connectivity index is 0. The lowest BCUT2D eigenvalue weighted by Gasteiger charge is -2.05. The average Bonchev–Trinajstić information content (AvgIpc) is 2.54. The predicted molar refractivity (Wildman–Crippen MR) is 85.6 cm³/mol. The van der Waals surface area contributed by atoms with Gasteiger partial charge in [0.15, 0.2) is 0 Å². The van der Waals surface area contributed by atoms with Crippen LogP contribution in [0.1, 0.15) is 47.0 Å². The van der Waals surface area contributed by atoms with Crippen molar-refractivity contribution < 1.29 is 19.4 Å². The SMILES string of the molecule is CC(C)C=O.CCCC.O=C(OCCO)C1=CCCN=C1. The molecule has 122 valence electrons. The summed E-state index contributed by atoms with van der Waals surface area (Å²) < 4.78 is 4.68. The molecular formula is C16H29NO4. The molecule has 1 aliphatic rings. The molecule has 0 aliphatic carbocycles. The molecule has 5 heteroatoms. The average molecular weight is 299 g/mol. The van der Waals surface area contributed by atoms with Crippen molar-refractivity contribution in [1.82, 2.24) is 0 Å². The van der Waals surface area contributed by atoms with Crippen LogP contribution in [0, 0.1) is 5.92 Å². The summed E-state index contributed by atoms with van der Waals surface area (Å²) >= 11 is 0. The molecule has 0 bridgehead atoms. The Morgan fingerprint density at radius 3 is 2.33 bits per heavy atom. The predicted octanol–water partition coefficient (Wildman–Crippen LogP) is 2.57. The number of ether oxygens (including phenoxy) is 1. The van der Waals surface area contributed by atoms with E-state index in [1.54, 1.807) is 6.08 Å². The van der Waals surface area contributed by atoms with Gasteiger partial charge in [-0.2, -0.15) is 0 Å². The highest BCUT2D eigenvalue weighted by atomic mass is 16.5. The molecule has 0 saturated heterocycles. The molecule has 1 aliphatic heterocycles. The number of aliphatic hydroxyl groups is 1. The first-order valence-electron chi connectivity index (χ1n) is 7.46. The fourth-order valence-electron chi connectivity index (χ4n) is 0.868. The van der Waals surface area contributed by atoms with Crippen LogP contribution >= 0.6 is 0 Å². The molecule has 0 amide bonds. The van der Waals surface area contributed by atoms with Gasteiger partial charge in [0.2, 0.25) is 0 Å². The van der Waals surface area contributed by atoms with Crippen LogP contribution in [-0.4, -0.2) is 43.3 Å². The molecule has 0 saturated carbocycles. The van der Waals surface area contributed by atoms with E-state index in [4.69, 9.17) is 5.11 Å². The van der Waals surface area contributed by atoms with Gasteiger partial charge in [-0.1, -0.05) is 46.6 Å². The Kier molecular flexibility index (Phi) is 17.2. The standard InChI is InChI=1S/C8H11NO3.C4H8O.C4H10/c10-4-5-12-8(11)7-2-1-3-9-6-7;1-4(2)3-5;1-3-4-2/h2,6,10H,1,3-5H2;3-4H,1-2H3;3-4H2,1-2H3. The minimum atomic E-state index is -0.410. The van der Waals surface area contributed by atoms with Gasteiger partial charge >= 0.3 is 5.97 Å². The van der Waals surface area contributed by atoms with Crippen LogP contribution in [0.2, 0.25) is 0 Å². The van der Waals surface area contributed by atoms with Crippen LogP contribution in [0.3, 0.4) is 0 Å². The van der Waals surface area contributed by atoms with Crippen molar-refractivity contribution in [1.29, 1.82) is 0 Å². The lowest BCUT2D eigenvalue weighted by molar-refractivity contribution is -0.139. The van der Waals surface area contributed by atoms with Crippen molar-refractivity contribution in [3.63, 3.8) is 0 Å². The number of carbonyl (C=O) groups excluding carboxylic acids is 2. The second-order valence-electron chi connectivity index (χ2n) is 4.72. The van der Waals surface area contributed by atoms with Crippen LogP contribution in [0.5, 0.6) is 0 Å². The summed E-state index contributed by atoms with van der Waals surface area (Å²) in [6, 6.07) is 0. The van der Waals surface area contributed by atoms with Gasteiger partial charge in [-0.15, -0.1) is 0 Å². The lowest BCUT2D eigenvalue weighted by atomic mass is 10.2. The monoisotopic (exact) mass is 299 g/mol. The summed E-state index contributed by atoms with van der Waals surface area (Å²) in [6.45, 7) is 8.71. The molecule has 0 atom stereocenters. The van der Waals surface area contributed by atoms with Crippen molar-refractivity contribution in [3.8, 4) is 0 Å². The quantitative estimate of drug-likeness (QED) is 0.625. The first-order valence-corrected chi connectivity index (χ1v) is 7.46. The largest absolute Gasteiger partial charge is 0.460 e. The maximum absolute atomic E-state index is 11.1. The third kappa shape index (κ3) is 16.5. The Morgan fingerprint density at radius 1 is 1.43 bits per heavy atom. The summed E-state index contributed by atoms with van der Waals surface area (Å²) in [7, 11) is 0. The number of dihydropyridines is 1. The Labute approximate surface area is 128 Å². The minimum Gasteiger partial charge on any atom is -0.460 e. The minimum absolute atomic E-state index is 0.0456. The number of aliphatic imine (C=N–C) groups is 1. The zero-order chi connectivity index (χ0) is 16.5. The molecule has 0 radical (unpaired) electrons. The van der Waals surface area contributed by atoms with E-state index in [1.807, 2.05) is 13.8 Å². The Bertz CT molecular complexity index is 320. The number of unbranched alkanes of at least 4 members (excludes halogenated alkanes) is 1. The van der Waals surface area contributed by atoms with Crippen molar-refractivity contribution >= 4 is 18.5 Å². The van der Waals surface area contributed by atoms with E-state index in [9.17, 15) is 9.59 Å². The number of aldehydes is 1. The molecule has 0 aromatic rings. The summed E-state index contributed by atoms with van der Waals surface area (Å²) in [5.74, 6) is -0.206. The van der Waals surface area contributed by atoms with Crippen molar-refractivity contribution in [2.75, 3.05) is 19.8 Å². The van der Waals surface area contributed by atoms with E-state index in [2.05, 4.69) is 23.6 Å². The molecule has 0 fully saturated rings. The second-order valence-corrected chi connectivity index (χ2v) is 4.72. The lowest BCUT2D eigenvalue weighted by Crippen LogP contribution is -2.13. The third-order valence-electron chi connectivity index (χ3n) is 2.19. The number of hydrogen-bond donors (Lipinski definition) is 1. The van der Waals surface area contributed by atoms with Crippen LogP contribution in [0.15, 0.2) is 16.6 Å². The van der Waals surface area contributed by atoms with Gasteiger partial charge in [-0.25, -0.2) is 4.79 Å². The van der Waals surface area contributed by atoms with Crippen molar-refractivity contribution in [3.05, 3.63) is 11.6 Å². The zero-order valence-corrected chi connectivity index (χ0v) is 13.7. The highest BCUT2D eigenvalue weighted by molar-refractivity contribution is 6.09. The summed E-state index contributed by atoms with van der Waals surface area (Å²) in [6.07, 6.45) is 7.62. The normalized spacial score (nSPS) is 12.4. The number of rotatable bonds is 5. The fraction of sp³-hybridized carbons (Fsp3) is 0.688. The van der Waals surface area contributed by atoms with Gasteiger partial charge in [-0.3, -0.25) is 4.99 Å². The van der Waals surface area contributed by atoms with Gasteiger partial charge in [0.1, 0.15) is 12.9 Å². The smallest absolute Gasteiger partial charge is 0.339 e. The van der Waals surface area contributed by atoms with E-state index in [0.717, 1.165) is 19.3 Å². The van der Waals surface area contributed by atoms with Crippen LogP contribution in [0.25, 0.3) is 0 Å². The number of carbonyl (C=O) groups is 2. The van der Waals surface area contributed by atoms with Gasteiger partial charge < -0.3 is 14.6 Å². The summed E-state index contributed by atoms with van der Waals surface area (Å²) in [5, 5.41) is 8.38. The molecule has 0 spiro atoms. The van der Waals surface area contributed by atoms with Crippen LogP contribution < -0.4 is 0 Å². The van der Waals surface area contributed by atoms with E-state index < -0.39 is 5.97 Å². The topological polar surface area (TPSA) is 76.0 Å². The number of nitrogens with zero attached hydrogens (tertiary/aromatic N) is 1. The van der Waals surface area contributed by atoms with E-state index in [1.165, 1.54) is 19.1 Å². The number of esters is 1. The van der Waals surface area contributed by atoms with Crippen molar-refractivity contribution in [2.24, 2.45) is 10.9 Å². The summed E-state index contributed by atoms with van der Waals surface area (Å²) in [4.78, 5) is 24.5. The molecule has 1 heterocycles. The molecule has 5 nitrogen and oxygen atoms in total. The van der Waals surface area contributed by atoms with Gasteiger partial charge in [-0.05, 0) is 6.42 Å². The first-order chi connectivity index (χ1) is 10.0. The molecule has 1 rings (SSSR count). The number of aliphatic hydroxyl groups excluding tert-OH is 1. The first kappa shape index (κ1) is 21.8. The van der Waals surface area contributed by atoms with Crippen molar-refractivity contribution in [2.45, 2.75) is 47.0 Å². The zero-order valence-electron chi connectivity index (χ0n) is 13.7. The van der Waals surface area contributed by atoms with Gasteiger partial charge in [0, 0.05) is 18.7 Å². The van der Waals surface area contributed by atoms with E-state index in [-0.39, 0.29) is 19.1 Å². The molecule has 0 unspecified atom stereocenters. The highest BCUT2D eigenvalue weighted by Gasteiger charge is 2.09. The molecule has 1 N–H and O–H groups in total. The maximum Gasteiger partial charge on any atom is 0.339 e. The summed E-state index contributed by atoms with van der Waals surface area (Å²) in [5.41, 5.74) is 0.481. The third-order valence-corrected chi connectivity index (χ3v) is 2.19. The second kappa shape index (κ2) is 16.6. The van der Waals surface area contributed by atoms with E-state index >= 15 is 0 Å². The highest BCUT2D eigenvalue weighted by Crippen LogP contribution is 2.02. The van der Waals surface area contributed by atoms with Gasteiger partial charge in [0.25, 0.3) is 0 Å². The van der Waals surface area contributed by atoms with E-state index in [0.29, 0.717) is 5.57 Å². The molecule has 0 aromatic carbocycles. The van der Waals surface area contributed by atoms with Gasteiger partial charge in [0.05, 0.1) is 12.2 Å². The fourth-order valence-corrected chi connectivity index (χ4v) is 0.868. The molecule has 21 heavy (non-hydrogen) atoms. The Morgan fingerprint density at radius 2 is 2.00 bits per heavy atom. The van der Waals surface area contributed by atoms with Crippen LogP contribution in [-0.2, 0) is 14.3 Å². The molecule has 0 aromatic heterocycles. The number of hydrogen-bond acceptors (Lipinski definition) is 5. The maximum atomic E-state index is 11.1. The molecular weight excluding hydrogens is 270 g/mol. The Hall–Kier alpha value is -1.49.